The Morgan fingerprint density at radius 1 is 1.17 bits per heavy atom. The molecule has 7 nitrogen and oxygen atoms in total. The fraction of sp³-hybridized carbons (Fsp3) is 0.0526. The van der Waals surface area contributed by atoms with Gasteiger partial charge in [-0.2, -0.15) is 5.10 Å². The summed E-state index contributed by atoms with van der Waals surface area (Å²) in [5.41, 5.74) is 1.94. The van der Waals surface area contributed by atoms with Gasteiger partial charge in [-0.25, -0.2) is 17.6 Å². The normalized spacial score (nSPS) is 11.6. The molecule has 2 heterocycles. The van der Waals surface area contributed by atoms with Gasteiger partial charge in [-0.3, -0.25) is 9.40 Å². The minimum Gasteiger partial charge on any atom is -0.477 e. The highest BCUT2D eigenvalue weighted by atomic mass is 32.2. The number of nitrogens with zero attached hydrogens (tertiary/aromatic N) is 2. The lowest BCUT2D eigenvalue weighted by Crippen LogP contribution is -2.15. The maximum atomic E-state index is 13.1. The number of rotatable bonds is 6. The van der Waals surface area contributed by atoms with E-state index >= 15 is 0 Å². The van der Waals surface area contributed by atoms with E-state index in [9.17, 15) is 17.6 Å². The van der Waals surface area contributed by atoms with E-state index in [-0.39, 0.29) is 15.6 Å². The third-order valence-corrected chi connectivity index (χ3v) is 6.71. The second-order valence-corrected chi connectivity index (χ2v) is 8.79. The van der Waals surface area contributed by atoms with Crippen LogP contribution in [0.25, 0.3) is 10.9 Å². The quantitative estimate of drug-likeness (QED) is 0.484. The van der Waals surface area contributed by atoms with E-state index in [2.05, 4.69) is 9.82 Å². The Morgan fingerprint density at radius 3 is 2.66 bits per heavy atom. The Bertz CT molecular complexity index is 1310. The monoisotopic (exact) mass is 431 g/mol. The molecule has 4 rings (SSSR count). The number of carboxylic acid groups (broad SMARTS) is 1. The summed E-state index contributed by atoms with van der Waals surface area (Å²) in [4.78, 5) is 10.7. The second kappa shape index (κ2) is 7.30. The number of anilines is 1. The fourth-order valence-corrected chi connectivity index (χ4v) is 5.23. The van der Waals surface area contributed by atoms with Gasteiger partial charge in [0.05, 0.1) is 18.3 Å². The van der Waals surface area contributed by atoms with Crippen molar-refractivity contribution in [2.45, 2.75) is 11.4 Å². The first-order valence-electron chi connectivity index (χ1n) is 8.37. The molecule has 0 saturated carbocycles. The van der Waals surface area contributed by atoms with Gasteiger partial charge in [-0.15, -0.1) is 11.3 Å². The summed E-state index contributed by atoms with van der Waals surface area (Å²) in [6.45, 7) is 0.436. The molecule has 0 spiro atoms. The lowest BCUT2D eigenvalue weighted by Gasteiger charge is -2.08. The zero-order chi connectivity index (χ0) is 20.6. The summed E-state index contributed by atoms with van der Waals surface area (Å²) in [5, 5.41) is 15.6. The highest BCUT2D eigenvalue weighted by Gasteiger charge is 2.24. The number of sulfonamides is 1. The van der Waals surface area contributed by atoms with Crippen molar-refractivity contribution in [2.24, 2.45) is 0 Å². The minimum absolute atomic E-state index is 0.245. The van der Waals surface area contributed by atoms with Crippen molar-refractivity contribution in [3.8, 4) is 0 Å². The van der Waals surface area contributed by atoms with Gasteiger partial charge in [0.1, 0.15) is 15.6 Å². The van der Waals surface area contributed by atoms with Crippen LogP contribution < -0.4 is 4.72 Å². The first-order chi connectivity index (χ1) is 13.8. The third-order valence-electron chi connectivity index (χ3n) is 4.25. The second-order valence-electron chi connectivity index (χ2n) is 6.23. The van der Waals surface area contributed by atoms with Gasteiger partial charge in [0.2, 0.25) is 0 Å². The number of hydrogen-bond acceptors (Lipinski definition) is 5. The standard InChI is InChI=1S/C19H14FN3O4S2/c20-14-3-1-12(2-4-14)11-23-16-6-5-15(9-13(16)10-21-23)22-29(26,27)17-7-8-28-18(17)19(24)25/h1-10,22H,11H2,(H,24,25). The molecule has 0 saturated heterocycles. The van der Waals surface area contributed by atoms with Crippen LogP contribution in [0.2, 0.25) is 0 Å². The summed E-state index contributed by atoms with van der Waals surface area (Å²) in [5.74, 6) is -1.61. The largest absolute Gasteiger partial charge is 0.477 e. The molecular weight excluding hydrogens is 417 g/mol. The molecule has 10 heteroatoms. The number of nitrogens with one attached hydrogen (secondary N) is 1. The maximum absolute atomic E-state index is 13.1. The van der Waals surface area contributed by atoms with Crippen molar-refractivity contribution in [1.29, 1.82) is 0 Å². The van der Waals surface area contributed by atoms with Gasteiger partial charge in [-0.1, -0.05) is 12.1 Å². The van der Waals surface area contributed by atoms with Crippen LogP contribution in [0.1, 0.15) is 15.2 Å². The molecule has 148 valence electrons. The smallest absolute Gasteiger partial charge is 0.347 e. The summed E-state index contributed by atoms with van der Waals surface area (Å²) < 4.78 is 42.4. The van der Waals surface area contributed by atoms with E-state index in [1.807, 2.05) is 0 Å². The summed E-state index contributed by atoms with van der Waals surface area (Å²) in [6.07, 6.45) is 1.60. The summed E-state index contributed by atoms with van der Waals surface area (Å²) in [7, 11) is -4.04. The number of halogens is 1. The molecule has 0 atom stereocenters. The van der Waals surface area contributed by atoms with Crippen molar-refractivity contribution < 1.29 is 22.7 Å². The molecule has 0 amide bonds. The molecule has 2 aromatic carbocycles. The topological polar surface area (TPSA) is 101 Å². The minimum atomic E-state index is -4.04. The fourth-order valence-electron chi connectivity index (χ4n) is 2.91. The van der Waals surface area contributed by atoms with Gasteiger partial charge < -0.3 is 5.11 Å². The molecular formula is C19H14FN3O4S2. The number of aromatic nitrogens is 2. The molecule has 0 unspecified atom stereocenters. The van der Waals surface area contributed by atoms with Crippen molar-refractivity contribution in [3.05, 3.63) is 76.4 Å². The van der Waals surface area contributed by atoms with Crippen LogP contribution in [0.4, 0.5) is 10.1 Å². The predicted molar refractivity (Wildman–Crippen MR) is 107 cm³/mol. The molecule has 0 fully saturated rings. The predicted octanol–water partition coefficient (Wildman–Crippen LogP) is 3.78. The van der Waals surface area contributed by atoms with Gasteiger partial charge in [0, 0.05) is 11.1 Å². The molecule has 0 aliphatic heterocycles. The van der Waals surface area contributed by atoms with E-state index in [0.717, 1.165) is 22.4 Å². The lowest BCUT2D eigenvalue weighted by atomic mass is 10.2. The number of carbonyl (C=O) groups is 1. The molecule has 4 aromatic rings. The van der Waals surface area contributed by atoms with E-state index in [0.29, 0.717) is 17.6 Å². The van der Waals surface area contributed by atoms with Crippen LogP contribution in [0.3, 0.4) is 0 Å². The number of thiophene rings is 1. The highest BCUT2D eigenvalue weighted by Crippen LogP contribution is 2.26. The molecule has 0 aliphatic rings. The van der Waals surface area contributed by atoms with E-state index < -0.39 is 16.0 Å². The molecule has 2 aromatic heterocycles. The Balaban J connectivity index is 1.60. The van der Waals surface area contributed by atoms with Crippen molar-refractivity contribution in [2.75, 3.05) is 4.72 Å². The van der Waals surface area contributed by atoms with Crippen LogP contribution in [0, 0.1) is 5.82 Å². The van der Waals surface area contributed by atoms with Crippen LogP contribution in [-0.2, 0) is 16.6 Å². The van der Waals surface area contributed by atoms with E-state index in [1.54, 1.807) is 41.2 Å². The van der Waals surface area contributed by atoms with Gasteiger partial charge in [0.15, 0.2) is 0 Å². The number of fused-ring (bicyclic) bond motifs is 1. The van der Waals surface area contributed by atoms with Crippen LogP contribution >= 0.6 is 11.3 Å². The molecule has 2 N–H and O–H groups in total. The van der Waals surface area contributed by atoms with Crippen molar-refractivity contribution >= 4 is 43.9 Å². The van der Waals surface area contributed by atoms with Crippen molar-refractivity contribution in [1.82, 2.24) is 9.78 Å². The van der Waals surface area contributed by atoms with Gasteiger partial charge >= 0.3 is 5.97 Å². The van der Waals surface area contributed by atoms with Crippen LogP contribution in [0.5, 0.6) is 0 Å². The Hall–Kier alpha value is -3.24. The Morgan fingerprint density at radius 2 is 1.93 bits per heavy atom. The SMILES string of the molecule is O=C(O)c1sccc1S(=O)(=O)Nc1ccc2c(cnn2Cc2ccc(F)cc2)c1. The van der Waals surface area contributed by atoms with Crippen LogP contribution in [-0.4, -0.2) is 29.3 Å². The Kier molecular flexibility index (Phi) is 4.81. The lowest BCUT2D eigenvalue weighted by molar-refractivity contribution is 0.0698. The molecule has 0 radical (unpaired) electrons. The molecule has 29 heavy (non-hydrogen) atoms. The van der Waals surface area contributed by atoms with E-state index in [4.69, 9.17) is 5.11 Å². The first kappa shape index (κ1) is 19.1. The average Bonchev–Trinajstić information content (AvgIpc) is 3.31. The third kappa shape index (κ3) is 3.84. The summed E-state index contributed by atoms with van der Waals surface area (Å²) in [6, 6.07) is 12.3. The number of carboxylic acids is 1. The Labute approximate surface area is 169 Å². The van der Waals surface area contributed by atoms with E-state index in [1.165, 1.54) is 23.6 Å². The zero-order valence-corrected chi connectivity index (χ0v) is 16.4. The van der Waals surface area contributed by atoms with Gasteiger partial charge in [0.25, 0.3) is 10.0 Å². The molecule has 0 bridgehead atoms. The number of aromatic carboxylic acids is 1. The highest BCUT2D eigenvalue weighted by molar-refractivity contribution is 7.93. The zero-order valence-electron chi connectivity index (χ0n) is 14.7. The summed E-state index contributed by atoms with van der Waals surface area (Å²) >= 11 is 0.847. The average molecular weight is 431 g/mol. The number of benzene rings is 2. The van der Waals surface area contributed by atoms with Crippen molar-refractivity contribution in [3.63, 3.8) is 0 Å². The molecule has 0 aliphatic carbocycles. The van der Waals surface area contributed by atoms with Gasteiger partial charge in [-0.05, 0) is 47.3 Å². The van der Waals surface area contributed by atoms with Crippen LogP contribution in [0.15, 0.2) is 65.0 Å². The number of hydrogen-bond donors (Lipinski definition) is 2. The maximum Gasteiger partial charge on any atom is 0.347 e. The first-order valence-corrected chi connectivity index (χ1v) is 10.7.